The molecule has 17 heavy (non-hydrogen) atoms. The highest BCUT2D eigenvalue weighted by Crippen LogP contribution is 2.12. The zero-order valence-corrected chi connectivity index (χ0v) is 11.5. The number of halogens is 1. The van der Waals surface area contributed by atoms with E-state index in [0.717, 1.165) is 37.9 Å². The molecular formula is C11H21ClN4O. The Kier molecular flexibility index (Phi) is 5.36. The number of nitrogens with one attached hydrogen (secondary N) is 1. The number of hydrogen-bond acceptors (Lipinski definition) is 5. The van der Waals surface area contributed by atoms with Crippen molar-refractivity contribution >= 4 is 12.4 Å². The predicted molar refractivity (Wildman–Crippen MR) is 68.4 cm³/mol. The van der Waals surface area contributed by atoms with E-state index in [1.54, 1.807) is 0 Å². The minimum absolute atomic E-state index is 0. The zero-order chi connectivity index (χ0) is 11.5. The molecule has 0 bridgehead atoms. The molecule has 1 aliphatic heterocycles. The fourth-order valence-corrected chi connectivity index (χ4v) is 1.86. The largest absolute Gasteiger partial charge is 0.338 e. The summed E-state index contributed by atoms with van der Waals surface area (Å²) >= 11 is 0. The van der Waals surface area contributed by atoms with Crippen LogP contribution in [-0.4, -0.2) is 40.7 Å². The lowest BCUT2D eigenvalue weighted by atomic mass is 10.2. The summed E-state index contributed by atoms with van der Waals surface area (Å²) in [5, 5.41) is 7.34. The quantitative estimate of drug-likeness (QED) is 0.891. The van der Waals surface area contributed by atoms with E-state index in [1.807, 2.05) is 0 Å². The Hall–Kier alpha value is -0.650. The third-order valence-electron chi connectivity index (χ3n) is 2.98. The smallest absolute Gasteiger partial charge is 0.240 e. The van der Waals surface area contributed by atoms with Crippen LogP contribution in [0, 0.1) is 0 Å². The molecule has 1 atom stereocenters. The molecule has 0 spiro atoms. The van der Waals surface area contributed by atoms with Crippen molar-refractivity contribution in [2.75, 3.05) is 19.6 Å². The first kappa shape index (κ1) is 14.4. The van der Waals surface area contributed by atoms with Gasteiger partial charge in [-0.25, -0.2) is 0 Å². The number of piperazine rings is 1. The summed E-state index contributed by atoms with van der Waals surface area (Å²) in [6.45, 7) is 10.2. The maximum atomic E-state index is 5.25. The normalized spacial score (nSPS) is 21.5. The molecule has 2 rings (SSSR count). The van der Waals surface area contributed by atoms with Gasteiger partial charge in [0, 0.05) is 31.6 Å². The number of nitrogens with zero attached hydrogens (tertiary/aromatic N) is 3. The van der Waals surface area contributed by atoms with Gasteiger partial charge in [-0.15, -0.1) is 12.4 Å². The molecule has 1 saturated heterocycles. The van der Waals surface area contributed by atoms with Crippen molar-refractivity contribution in [3.05, 3.63) is 11.7 Å². The van der Waals surface area contributed by atoms with E-state index < -0.39 is 0 Å². The molecule has 1 N–H and O–H groups in total. The van der Waals surface area contributed by atoms with Crippen LogP contribution in [0.3, 0.4) is 0 Å². The van der Waals surface area contributed by atoms with Gasteiger partial charge in [0.2, 0.25) is 5.89 Å². The Morgan fingerprint density at radius 2 is 2.29 bits per heavy atom. The molecule has 1 aliphatic rings. The summed E-state index contributed by atoms with van der Waals surface area (Å²) in [5.41, 5.74) is 0. The van der Waals surface area contributed by atoms with E-state index in [1.165, 1.54) is 0 Å². The molecule has 0 radical (unpaired) electrons. The van der Waals surface area contributed by atoms with Gasteiger partial charge in [0.15, 0.2) is 5.82 Å². The molecule has 0 aliphatic carbocycles. The topological polar surface area (TPSA) is 54.2 Å². The average molecular weight is 261 g/mol. The first-order valence-corrected chi connectivity index (χ1v) is 5.94. The Morgan fingerprint density at radius 1 is 1.53 bits per heavy atom. The molecule has 6 heteroatoms. The van der Waals surface area contributed by atoms with Crippen LogP contribution in [0.25, 0.3) is 0 Å². The number of rotatable bonds is 3. The van der Waals surface area contributed by atoms with Crippen LogP contribution in [0.5, 0.6) is 0 Å². The fourth-order valence-electron chi connectivity index (χ4n) is 1.86. The molecule has 0 aromatic carbocycles. The van der Waals surface area contributed by atoms with Crippen molar-refractivity contribution in [2.45, 2.75) is 39.3 Å². The Morgan fingerprint density at radius 3 is 2.88 bits per heavy atom. The molecule has 1 aromatic rings. The highest BCUT2D eigenvalue weighted by atomic mass is 35.5. The molecule has 2 heterocycles. The molecule has 1 aromatic heterocycles. The van der Waals surface area contributed by atoms with Crippen LogP contribution >= 0.6 is 12.4 Å². The van der Waals surface area contributed by atoms with Crippen molar-refractivity contribution in [3.8, 4) is 0 Å². The molecule has 5 nitrogen and oxygen atoms in total. The summed E-state index contributed by atoms with van der Waals surface area (Å²) in [4.78, 5) is 6.77. The van der Waals surface area contributed by atoms with Gasteiger partial charge in [-0.1, -0.05) is 19.0 Å². The van der Waals surface area contributed by atoms with E-state index >= 15 is 0 Å². The summed E-state index contributed by atoms with van der Waals surface area (Å²) in [7, 11) is 0. The third-order valence-corrected chi connectivity index (χ3v) is 2.98. The second-order valence-corrected chi connectivity index (χ2v) is 4.72. The van der Waals surface area contributed by atoms with Crippen LogP contribution in [0.15, 0.2) is 4.52 Å². The minimum atomic E-state index is 0. The van der Waals surface area contributed by atoms with Gasteiger partial charge in [0.05, 0.1) is 6.54 Å². The average Bonchev–Trinajstić information content (AvgIpc) is 2.70. The van der Waals surface area contributed by atoms with Crippen molar-refractivity contribution in [1.29, 1.82) is 0 Å². The van der Waals surface area contributed by atoms with Gasteiger partial charge in [-0.3, -0.25) is 4.90 Å². The summed E-state index contributed by atoms with van der Waals surface area (Å²) < 4.78 is 5.25. The van der Waals surface area contributed by atoms with Gasteiger partial charge in [-0.2, -0.15) is 4.98 Å². The highest BCUT2D eigenvalue weighted by molar-refractivity contribution is 5.85. The van der Waals surface area contributed by atoms with Crippen LogP contribution in [0.2, 0.25) is 0 Å². The van der Waals surface area contributed by atoms with Gasteiger partial charge >= 0.3 is 0 Å². The van der Waals surface area contributed by atoms with Crippen LogP contribution in [-0.2, 0) is 6.54 Å². The van der Waals surface area contributed by atoms with Crippen LogP contribution < -0.4 is 5.32 Å². The molecule has 0 saturated carbocycles. The van der Waals surface area contributed by atoms with Crippen LogP contribution in [0.1, 0.15) is 38.4 Å². The van der Waals surface area contributed by atoms with Crippen molar-refractivity contribution in [1.82, 2.24) is 20.4 Å². The third kappa shape index (κ3) is 3.66. The van der Waals surface area contributed by atoms with Crippen molar-refractivity contribution in [3.63, 3.8) is 0 Å². The maximum Gasteiger partial charge on any atom is 0.240 e. The number of aromatic nitrogens is 2. The predicted octanol–water partition coefficient (Wildman–Crippen LogP) is 1.41. The summed E-state index contributed by atoms with van der Waals surface area (Å²) in [5.74, 6) is 1.87. The van der Waals surface area contributed by atoms with Crippen molar-refractivity contribution < 1.29 is 4.52 Å². The SMILES string of the molecule is CC(C)c1noc(CN2CCNC[C@@H]2C)n1.Cl. The summed E-state index contributed by atoms with van der Waals surface area (Å²) in [6.07, 6.45) is 0. The van der Waals surface area contributed by atoms with Gasteiger partial charge in [0.25, 0.3) is 0 Å². The van der Waals surface area contributed by atoms with E-state index in [-0.39, 0.29) is 12.4 Å². The molecule has 1 fully saturated rings. The second kappa shape index (κ2) is 6.33. The number of hydrogen-bond donors (Lipinski definition) is 1. The first-order valence-electron chi connectivity index (χ1n) is 5.94. The van der Waals surface area contributed by atoms with Gasteiger partial charge in [-0.05, 0) is 6.92 Å². The first-order chi connectivity index (χ1) is 7.66. The van der Waals surface area contributed by atoms with E-state index in [9.17, 15) is 0 Å². The lowest BCUT2D eigenvalue weighted by Crippen LogP contribution is -2.49. The zero-order valence-electron chi connectivity index (χ0n) is 10.6. The van der Waals surface area contributed by atoms with E-state index in [4.69, 9.17) is 4.52 Å². The second-order valence-electron chi connectivity index (χ2n) is 4.72. The molecule has 98 valence electrons. The molecule has 0 unspecified atom stereocenters. The molecular weight excluding hydrogens is 240 g/mol. The van der Waals surface area contributed by atoms with Gasteiger partial charge < -0.3 is 9.84 Å². The van der Waals surface area contributed by atoms with E-state index in [0.29, 0.717) is 12.0 Å². The monoisotopic (exact) mass is 260 g/mol. The van der Waals surface area contributed by atoms with E-state index in [2.05, 4.69) is 41.1 Å². The van der Waals surface area contributed by atoms with Crippen molar-refractivity contribution in [2.24, 2.45) is 0 Å². The fraction of sp³-hybridized carbons (Fsp3) is 0.818. The maximum absolute atomic E-state index is 5.25. The summed E-state index contributed by atoms with van der Waals surface area (Å²) in [6, 6.07) is 0.531. The standard InChI is InChI=1S/C11H20N4O.ClH/c1-8(2)11-13-10(16-14-11)7-15-5-4-12-6-9(15)3;/h8-9,12H,4-7H2,1-3H3;1H/t9-;/m0./s1. The lowest BCUT2D eigenvalue weighted by molar-refractivity contribution is 0.146. The highest BCUT2D eigenvalue weighted by Gasteiger charge is 2.20. The Balaban J connectivity index is 0.00000144. The minimum Gasteiger partial charge on any atom is -0.338 e. The van der Waals surface area contributed by atoms with Gasteiger partial charge in [0.1, 0.15) is 0 Å². The van der Waals surface area contributed by atoms with Crippen LogP contribution in [0.4, 0.5) is 0 Å². The Labute approximate surface area is 108 Å². The Bertz CT molecular complexity index is 342. The molecule has 0 amide bonds. The lowest BCUT2D eigenvalue weighted by Gasteiger charge is -2.32.